The summed E-state index contributed by atoms with van der Waals surface area (Å²) in [5, 5.41) is 3.60. The van der Waals surface area contributed by atoms with Crippen LogP contribution in [0.1, 0.15) is 50.6 Å². The maximum absolute atomic E-state index is 5.69. The predicted molar refractivity (Wildman–Crippen MR) is 88.4 cm³/mol. The van der Waals surface area contributed by atoms with E-state index in [2.05, 4.69) is 59.1 Å². The highest BCUT2D eigenvalue weighted by Crippen LogP contribution is 2.23. The molecule has 2 rings (SSSR count). The van der Waals surface area contributed by atoms with E-state index in [1.54, 1.807) is 0 Å². The number of halogens is 1. The zero-order chi connectivity index (χ0) is 13.5. The molecule has 1 N–H and O–H groups in total. The minimum atomic E-state index is 0.489. The molecule has 106 valence electrons. The van der Waals surface area contributed by atoms with E-state index in [4.69, 9.17) is 4.74 Å². The van der Waals surface area contributed by atoms with Gasteiger partial charge in [0.2, 0.25) is 0 Å². The number of benzene rings is 1. The van der Waals surface area contributed by atoms with Gasteiger partial charge in [0, 0.05) is 16.2 Å². The maximum Gasteiger partial charge on any atom is 0.0576 e. The van der Waals surface area contributed by atoms with Crippen molar-refractivity contribution in [2.75, 3.05) is 13.2 Å². The molecular formula is C16H24INO. The lowest BCUT2D eigenvalue weighted by Gasteiger charge is -2.19. The van der Waals surface area contributed by atoms with Crippen LogP contribution >= 0.6 is 22.6 Å². The van der Waals surface area contributed by atoms with Crippen molar-refractivity contribution >= 4 is 22.6 Å². The summed E-state index contributed by atoms with van der Waals surface area (Å²) >= 11 is 2.36. The normalized spacial score (nSPS) is 20.6. The molecule has 0 aliphatic carbocycles. The molecule has 19 heavy (non-hydrogen) atoms. The molecule has 0 spiro atoms. The van der Waals surface area contributed by atoms with Gasteiger partial charge in [-0.1, -0.05) is 19.1 Å². The van der Waals surface area contributed by atoms with Crippen LogP contribution < -0.4 is 5.32 Å². The van der Waals surface area contributed by atoms with Crippen molar-refractivity contribution in [3.63, 3.8) is 0 Å². The zero-order valence-electron chi connectivity index (χ0n) is 11.7. The number of ether oxygens (including phenoxy) is 1. The molecule has 0 aromatic heterocycles. The molecule has 1 aromatic rings. The van der Waals surface area contributed by atoms with E-state index in [9.17, 15) is 0 Å². The molecule has 1 aliphatic heterocycles. The molecule has 2 unspecified atom stereocenters. The van der Waals surface area contributed by atoms with E-state index in [-0.39, 0.29) is 0 Å². The fraction of sp³-hybridized carbons (Fsp3) is 0.625. The average Bonchev–Trinajstić information content (AvgIpc) is 2.92. The van der Waals surface area contributed by atoms with Gasteiger partial charge in [0.1, 0.15) is 0 Å². The largest absolute Gasteiger partial charge is 0.378 e. The van der Waals surface area contributed by atoms with Crippen LogP contribution in [0.3, 0.4) is 0 Å². The number of hydrogen-bond acceptors (Lipinski definition) is 2. The van der Waals surface area contributed by atoms with E-state index >= 15 is 0 Å². The molecule has 0 saturated carbocycles. The van der Waals surface area contributed by atoms with Crippen molar-refractivity contribution in [3.8, 4) is 0 Å². The molecule has 1 aliphatic rings. The third-order valence-electron chi connectivity index (χ3n) is 3.77. The smallest absolute Gasteiger partial charge is 0.0576 e. The Labute approximate surface area is 130 Å². The lowest BCUT2D eigenvalue weighted by atomic mass is 9.99. The van der Waals surface area contributed by atoms with E-state index < -0.39 is 0 Å². The van der Waals surface area contributed by atoms with Crippen molar-refractivity contribution in [2.45, 2.75) is 51.2 Å². The lowest BCUT2D eigenvalue weighted by molar-refractivity contribution is 0.101. The van der Waals surface area contributed by atoms with Gasteiger partial charge in [-0.25, -0.2) is 0 Å². The fourth-order valence-corrected chi connectivity index (χ4v) is 3.11. The van der Waals surface area contributed by atoms with Crippen LogP contribution in [0.4, 0.5) is 0 Å². The first-order valence-corrected chi connectivity index (χ1v) is 8.48. The molecule has 1 aromatic carbocycles. The third-order valence-corrected chi connectivity index (χ3v) is 4.48. The SMILES string of the molecule is CCNC(CCCC1CCCO1)c1ccc(I)cc1. The van der Waals surface area contributed by atoms with E-state index in [1.807, 2.05) is 0 Å². The molecule has 3 heteroatoms. The Morgan fingerprint density at radius 3 is 2.79 bits per heavy atom. The Morgan fingerprint density at radius 2 is 2.16 bits per heavy atom. The van der Waals surface area contributed by atoms with Crippen LogP contribution in [0, 0.1) is 3.57 Å². The van der Waals surface area contributed by atoms with Crippen molar-refractivity contribution in [3.05, 3.63) is 33.4 Å². The van der Waals surface area contributed by atoms with Crippen LogP contribution in [0.25, 0.3) is 0 Å². The summed E-state index contributed by atoms with van der Waals surface area (Å²) in [5.41, 5.74) is 1.41. The molecule has 1 saturated heterocycles. The Morgan fingerprint density at radius 1 is 1.37 bits per heavy atom. The van der Waals surface area contributed by atoms with Crippen LogP contribution in [-0.4, -0.2) is 19.3 Å². The second-order valence-corrected chi connectivity index (χ2v) is 6.47. The number of hydrogen-bond donors (Lipinski definition) is 1. The van der Waals surface area contributed by atoms with E-state index in [0.717, 1.165) is 13.2 Å². The molecule has 1 fully saturated rings. The standard InChI is InChI=1S/C16H24INO/c1-2-18-16(13-8-10-14(17)11-9-13)7-3-5-15-6-4-12-19-15/h8-11,15-16,18H,2-7,12H2,1H3. The highest BCUT2D eigenvalue weighted by molar-refractivity contribution is 14.1. The highest BCUT2D eigenvalue weighted by Gasteiger charge is 2.16. The average molecular weight is 373 g/mol. The Hall–Kier alpha value is -0.130. The highest BCUT2D eigenvalue weighted by atomic mass is 127. The summed E-state index contributed by atoms with van der Waals surface area (Å²) in [4.78, 5) is 0. The molecule has 2 atom stereocenters. The summed E-state index contributed by atoms with van der Waals surface area (Å²) in [6.45, 7) is 4.18. The first kappa shape index (κ1) is 15.3. The second-order valence-electron chi connectivity index (χ2n) is 5.23. The van der Waals surface area contributed by atoms with Gasteiger partial charge in [-0.3, -0.25) is 0 Å². The molecule has 2 nitrogen and oxygen atoms in total. The van der Waals surface area contributed by atoms with Crippen LogP contribution in [0.2, 0.25) is 0 Å². The van der Waals surface area contributed by atoms with E-state index in [1.165, 1.54) is 41.2 Å². The Kier molecular flexibility index (Phi) is 6.61. The fourth-order valence-electron chi connectivity index (χ4n) is 2.75. The summed E-state index contributed by atoms with van der Waals surface area (Å²) in [5.74, 6) is 0. The maximum atomic E-state index is 5.69. The van der Waals surface area contributed by atoms with Gasteiger partial charge in [0.05, 0.1) is 6.10 Å². The first-order chi connectivity index (χ1) is 9.29. The van der Waals surface area contributed by atoms with Gasteiger partial charge in [-0.2, -0.15) is 0 Å². The molecule has 1 heterocycles. The van der Waals surface area contributed by atoms with Gasteiger partial charge in [0.15, 0.2) is 0 Å². The minimum absolute atomic E-state index is 0.489. The Balaban J connectivity index is 1.82. The van der Waals surface area contributed by atoms with E-state index in [0.29, 0.717) is 12.1 Å². The first-order valence-electron chi connectivity index (χ1n) is 7.40. The van der Waals surface area contributed by atoms with Crippen LogP contribution in [0.5, 0.6) is 0 Å². The predicted octanol–water partition coefficient (Wildman–Crippen LogP) is 4.29. The number of nitrogens with one attached hydrogen (secondary N) is 1. The van der Waals surface area contributed by atoms with Crippen molar-refractivity contribution in [1.29, 1.82) is 0 Å². The lowest BCUT2D eigenvalue weighted by Crippen LogP contribution is -2.21. The summed E-state index contributed by atoms with van der Waals surface area (Å²) in [6, 6.07) is 9.38. The molecule has 0 radical (unpaired) electrons. The monoisotopic (exact) mass is 373 g/mol. The van der Waals surface area contributed by atoms with Crippen LogP contribution in [-0.2, 0) is 4.74 Å². The van der Waals surface area contributed by atoms with Gasteiger partial charge in [-0.15, -0.1) is 0 Å². The molecular weight excluding hydrogens is 349 g/mol. The van der Waals surface area contributed by atoms with Gasteiger partial charge in [-0.05, 0) is 78.9 Å². The van der Waals surface area contributed by atoms with Crippen molar-refractivity contribution in [2.24, 2.45) is 0 Å². The second kappa shape index (κ2) is 8.22. The quantitative estimate of drug-likeness (QED) is 0.720. The molecule has 0 amide bonds. The van der Waals surface area contributed by atoms with Crippen molar-refractivity contribution < 1.29 is 4.74 Å². The molecule has 0 bridgehead atoms. The van der Waals surface area contributed by atoms with Gasteiger partial charge < -0.3 is 10.1 Å². The van der Waals surface area contributed by atoms with Crippen molar-refractivity contribution in [1.82, 2.24) is 5.32 Å². The minimum Gasteiger partial charge on any atom is -0.378 e. The summed E-state index contributed by atoms with van der Waals surface area (Å²) < 4.78 is 7.00. The number of rotatable bonds is 7. The van der Waals surface area contributed by atoms with Gasteiger partial charge >= 0.3 is 0 Å². The zero-order valence-corrected chi connectivity index (χ0v) is 13.9. The summed E-state index contributed by atoms with van der Waals surface area (Å²) in [7, 11) is 0. The topological polar surface area (TPSA) is 21.3 Å². The summed E-state index contributed by atoms with van der Waals surface area (Å²) in [6.07, 6.45) is 6.70. The van der Waals surface area contributed by atoms with Crippen LogP contribution in [0.15, 0.2) is 24.3 Å². The van der Waals surface area contributed by atoms with Gasteiger partial charge in [0.25, 0.3) is 0 Å². The Bertz CT molecular complexity index is 360. The third kappa shape index (κ3) is 5.04.